The van der Waals surface area contributed by atoms with Crippen molar-refractivity contribution in [1.82, 2.24) is 0 Å². The van der Waals surface area contributed by atoms with Crippen LogP contribution in [0.4, 0.5) is 4.39 Å². The molecular weight excluding hydrogens is 211 g/mol. The third kappa shape index (κ3) is 2.51. The first-order chi connectivity index (χ1) is 6.19. The summed E-state index contributed by atoms with van der Waals surface area (Å²) in [4.78, 5) is 0.729. The van der Waals surface area contributed by atoms with Crippen LogP contribution in [0, 0.1) is 5.82 Å². The Hall–Kier alpha value is -0.410. The molecule has 1 nitrogen and oxygen atoms in total. The van der Waals surface area contributed by atoms with Gasteiger partial charge >= 0.3 is 0 Å². The molecule has 0 spiro atoms. The van der Waals surface area contributed by atoms with Crippen molar-refractivity contribution in [2.75, 3.05) is 12.9 Å². The van der Waals surface area contributed by atoms with Crippen LogP contribution in [0.25, 0.3) is 0 Å². The van der Waals surface area contributed by atoms with Crippen molar-refractivity contribution < 1.29 is 9.13 Å². The number of hydrogen-bond acceptors (Lipinski definition) is 2. The monoisotopic (exact) mass is 220 g/mol. The molecule has 0 radical (unpaired) electrons. The number of hydrogen-bond donors (Lipinski definition) is 0. The zero-order valence-corrected chi connectivity index (χ0v) is 9.01. The average Bonchev–Trinajstić information content (AvgIpc) is 2.09. The number of halogens is 2. The lowest BCUT2D eigenvalue weighted by Crippen LogP contribution is -1.95. The molecule has 0 bridgehead atoms. The maximum atomic E-state index is 12.9. The summed E-state index contributed by atoms with van der Waals surface area (Å²) in [6.07, 6.45) is 1.85. The highest BCUT2D eigenvalue weighted by Crippen LogP contribution is 2.35. The molecule has 0 aliphatic heterocycles. The van der Waals surface area contributed by atoms with Crippen LogP contribution in [-0.4, -0.2) is 12.9 Å². The summed E-state index contributed by atoms with van der Waals surface area (Å²) in [5.41, 5.74) is 0. The first-order valence-corrected chi connectivity index (χ1v) is 5.45. The molecule has 0 atom stereocenters. The number of thioether (sulfide) groups is 1. The summed E-state index contributed by atoms with van der Waals surface area (Å²) in [5.74, 6) is 0.232. The summed E-state index contributed by atoms with van der Waals surface area (Å²) in [7, 11) is 0. The minimum Gasteiger partial charge on any atom is -0.491 e. The summed E-state index contributed by atoms with van der Waals surface area (Å²) in [5, 5.41) is 0.325. The third-order valence-electron chi connectivity index (χ3n) is 1.48. The van der Waals surface area contributed by atoms with Gasteiger partial charge in [0, 0.05) is 0 Å². The normalized spacial score (nSPS) is 10.2. The van der Waals surface area contributed by atoms with Crippen LogP contribution in [0.5, 0.6) is 5.75 Å². The van der Waals surface area contributed by atoms with Gasteiger partial charge in [-0.2, -0.15) is 0 Å². The van der Waals surface area contributed by atoms with E-state index in [1.54, 1.807) is 0 Å². The fourth-order valence-corrected chi connectivity index (χ4v) is 1.87. The summed E-state index contributed by atoms with van der Waals surface area (Å²) in [6, 6.07) is 2.67. The SMILES string of the molecule is CCOc1c(Cl)cc(F)cc1SC. The van der Waals surface area contributed by atoms with Gasteiger partial charge in [0.15, 0.2) is 5.75 Å². The second kappa shape index (κ2) is 4.72. The first-order valence-electron chi connectivity index (χ1n) is 3.84. The molecule has 0 aromatic heterocycles. The van der Waals surface area contributed by atoms with E-state index in [1.165, 1.54) is 23.9 Å². The minimum absolute atomic E-state index is 0.325. The maximum Gasteiger partial charge on any atom is 0.151 e. The number of benzene rings is 1. The van der Waals surface area contributed by atoms with E-state index in [4.69, 9.17) is 16.3 Å². The fraction of sp³-hybridized carbons (Fsp3) is 0.333. The van der Waals surface area contributed by atoms with Crippen molar-refractivity contribution in [2.24, 2.45) is 0 Å². The molecule has 72 valence electrons. The van der Waals surface area contributed by atoms with Gasteiger partial charge in [0.25, 0.3) is 0 Å². The molecule has 4 heteroatoms. The van der Waals surface area contributed by atoms with Crippen LogP contribution in [0.1, 0.15) is 6.92 Å². The van der Waals surface area contributed by atoms with Gasteiger partial charge in [-0.3, -0.25) is 0 Å². The molecular formula is C9H10ClFOS. The van der Waals surface area contributed by atoms with Crippen LogP contribution < -0.4 is 4.74 Å². The highest BCUT2D eigenvalue weighted by molar-refractivity contribution is 7.98. The molecule has 1 aromatic rings. The van der Waals surface area contributed by atoms with Crippen molar-refractivity contribution in [2.45, 2.75) is 11.8 Å². The lowest BCUT2D eigenvalue weighted by Gasteiger charge is -2.09. The van der Waals surface area contributed by atoms with E-state index in [2.05, 4.69) is 0 Å². The highest BCUT2D eigenvalue weighted by atomic mass is 35.5. The van der Waals surface area contributed by atoms with Gasteiger partial charge in [-0.05, 0) is 25.3 Å². The second-order valence-electron chi connectivity index (χ2n) is 2.35. The molecule has 0 aliphatic carbocycles. The quantitative estimate of drug-likeness (QED) is 0.720. The number of rotatable bonds is 3. The Balaban J connectivity index is 3.13. The fourth-order valence-electron chi connectivity index (χ4n) is 0.973. The molecule has 0 heterocycles. The van der Waals surface area contributed by atoms with E-state index < -0.39 is 0 Å². The Morgan fingerprint density at radius 3 is 2.77 bits per heavy atom. The van der Waals surface area contributed by atoms with Crippen molar-refractivity contribution in [3.63, 3.8) is 0 Å². The van der Waals surface area contributed by atoms with Crippen LogP contribution in [-0.2, 0) is 0 Å². The predicted octanol–water partition coefficient (Wildman–Crippen LogP) is 3.60. The molecule has 1 rings (SSSR count). The first kappa shape index (κ1) is 10.7. The van der Waals surface area contributed by atoms with E-state index in [0.29, 0.717) is 17.4 Å². The molecule has 0 saturated heterocycles. The standard InChI is InChI=1S/C9H10ClFOS/c1-3-12-9-7(10)4-6(11)5-8(9)13-2/h4-5H,3H2,1-2H3. The third-order valence-corrected chi connectivity index (χ3v) is 2.51. The topological polar surface area (TPSA) is 9.23 Å². The summed E-state index contributed by atoms with van der Waals surface area (Å²) >= 11 is 7.23. The lowest BCUT2D eigenvalue weighted by atomic mass is 10.3. The van der Waals surface area contributed by atoms with Gasteiger partial charge in [-0.25, -0.2) is 4.39 Å². The van der Waals surface area contributed by atoms with Crippen molar-refractivity contribution >= 4 is 23.4 Å². The van der Waals surface area contributed by atoms with Gasteiger partial charge < -0.3 is 4.74 Å². The van der Waals surface area contributed by atoms with Crippen LogP contribution in [0.3, 0.4) is 0 Å². The minimum atomic E-state index is -0.335. The average molecular weight is 221 g/mol. The van der Waals surface area contributed by atoms with E-state index in [9.17, 15) is 4.39 Å². The largest absolute Gasteiger partial charge is 0.491 e. The van der Waals surface area contributed by atoms with E-state index in [-0.39, 0.29) is 5.82 Å². The van der Waals surface area contributed by atoms with Crippen LogP contribution in [0.15, 0.2) is 17.0 Å². The van der Waals surface area contributed by atoms with Gasteiger partial charge in [0.1, 0.15) is 5.82 Å². The Kier molecular flexibility index (Phi) is 3.88. The highest BCUT2D eigenvalue weighted by Gasteiger charge is 2.09. The molecule has 0 N–H and O–H groups in total. The van der Waals surface area contributed by atoms with Crippen molar-refractivity contribution in [1.29, 1.82) is 0 Å². The van der Waals surface area contributed by atoms with Crippen molar-refractivity contribution in [3.8, 4) is 5.75 Å². The molecule has 0 saturated carbocycles. The Morgan fingerprint density at radius 2 is 2.23 bits per heavy atom. The molecule has 0 fully saturated rings. The Bertz CT molecular complexity index is 304. The van der Waals surface area contributed by atoms with Crippen LogP contribution >= 0.6 is 23.4 Å². The zero-order valence-electron chi connectivity index (χ0n) is 7.43. The maximum absolute atomic E-state index is 12.9. The number of ether oxygens (including phenoxy) is 1. The van der Waals surface area contributed by atoms with E-state index >= 15 is 0 Å². The molecule has 0 amide bonds. The molecule has 13 heavy (non-hydrogen) atoms. The van der Waals surface area contributed by atoms with Gasteiger partial charge in [-0.1, -0.05) is 11.6 Å². The van der Waals surface area contributed by atoms with Gasteiger partial charge in [-0.15, -0.1) is 11.8 Å². The summed E-state index contributed by atoms with van der Waals surface area (Å²) in [6.45, 7) is 2.39. The van der Waals surface area contributed by atoms with Gasteiger partial charge in [0.2, 0.25) is 0 Å². The van der Waals surface area contributed by atoms with Crippen LogP contribution in [0.2, 0.25) is 5.02 Å². The van der Waals surface area contributed by atoms with E-state index in [0.717, 1.165) is 4.90 Å². The molecule has 1 aromatic carbocycles. The van der Waals surface area contributed by atoms with E-state index in [1.807, 2.05) is 13.2 Å². The predicted molar refractivity (Wildman–Crippen MR) is 54.4 cm³/mol. The van der Waals surface area contributed by atoms with Gasteiger partial charge in [0.05, 0.1) is 16.5 Å². The van der Waals surface area contributed by atoms with Crippen molar-refractivity contribution in [3.05, 3.63) is 23.0 Å². The summed E-state index contributed by atoms with van der Waals surface area (Å²) < 4.78 is 18.2. The molecule has 0 aliphatic rings. The molecule has 0 unspecified atom stereocenters. The zero-order chi connectivity index (χ0) is 9.84. The lowest BCUT2D eigenvalue weighted by molar-refractivity contribution is 0.331. The Labute approximate surface area is 86.2 Å². The Morgan fingerprint density at radius 1 is 1.54 bits per heavy atom. The smallest absolute Gasteiger partial charge is 0.151 e. The second-order valence-corrected chi connectivity index (χ2v) is 3.61.